The van der Waals surface area contributed by atoms with Crippen molar-refractivity contribution in [1.82, 2.24) is 5.32 Å². The molecule has 2 amide bonds. The quantitative estimate of drug-likeness (QED) is 0.616. The monoisotopic (exact) mass is 459 g/mol. The minimum absolute atomic E-state index is 0.0709. The SMILES string of the molecule is CC(OC(=O)c1ccc(Cl)cc1NC(=O)c1cccs1)C(=O)NC1(C#N)CCCCC1. The Morgan fingerprint density at radius 1 is 1.23 bits per heavy atom. The van der Waals surface area contributed by atoms with Crippen LogP contribution in [0.1, 0.15) is 59.1 Å². The average molecular weight is 460 g/mol. The van der Waals surface area contributed by atoms with Crippen molar-refractivity contribution in [1.29, 1.82) is 5.26 Å². The molecule has 1 atom stereocenters. The van der Waals surface area contributed by atoms with Gasteiger partial charge in [-0.1, -0.05) is 36.9 Å². The van der Waals surface area contributed by atoms with E-state index in [9.17, 15) is 19.6 Å². The van der Waals surface area contributed by atoms with E-state index >= 15 is 0 Å². The van der Waals surface area contributed by atoms with Crippen molar-refractivity contribution in [2.24, 2.45) is 0 Å². The number of carbonyl (C=O) groups excluding carboxylic acids is 3. The molecular formula is C22H22ClN3O4S. The van der Waals surface area contributed by atoms with Gasteiger partial charge in [-0.2, -0.15) is 5.26 Å². The van der Waals surface area contributed by atoms with Crippen LogP contribution in [0.3, 0.4) is 0 Å². The van der Waals surface area contributed by atoms with Crippen LogP contribution in [0, 0.1) is 11.3 Å². The normalized spacial score (nSPS) is 15.9. The van der Waals surface area contributed by atoms with Gasteiger partial charge in [-0.15, -0.1) is 11.3 Å². The van der Waals surface area contributed by atoms with Gasteiger partial charge in [0.1, 0.15) is 5.54 Å². The maximum atomic E-state index is 12.7. The van der Waals surface area contributed by atoms with Crippen molar-refractivity contribution in [2.75, 3.05) is 5.32 Å². The predicted octanol–water partition coefficient (Wildman–Crippen LogP) is 4.54. The molecule has 1 fully saturated rings. The summed E-state index contributed by atoms with van der Waals surface area (Å²) >= 11 is 7.29. The third kappa shape index (κ3) is 5.63. The zero-order valence-corrected chi connectivity index (χ0v) is 18.5. The number of halogens is 1. The zero-order chi connectivity index (χ0) is 22.4. The van der Waals surface area contributed by atoms with Gasteiger partial charge in [-0.25, -0.2) is 4.79 Å². The fraction of sp³-hybridized carbons (Fsp3) is 0.364. The number of carbonyl (C=O) groups is 3. The van der Waals surface area contributed by atoms with Gasteiger partial charge < -0.3 is 15.4 Å². The first-order chi connectivity index (χ1) is 14.8. The summed E-state index contributed by atoms with van der Waals surface area (Å²) in [5.41, 5.74) is -0.665. The second-order valence-electron chi connectivity index (χ2n) is 7.41. The van der Waals surface area contributed by atoms with E-state index in [1.54, 1.807) is 17.5 Å². The summed E-state index contributed by atoms with van der Waals surface area (Å²) in [7, 11) is 0. The molecule has 1 unspecified atom stereocenters. The van der Waals surface area contributed by atoms with Crippen LogP contribution in [-0.2, 0) is 9.53 Å². The van der Waals surface area contributed by atoms with Crippen molar-refractivity contribution in [3.63, 3.8) is 0 Å². The Balaban J connectivity index is 1.70. The molecule has 1 aliphatic rings. The third-order valence-electron chi connectivity index (χ3n) is 5.13. The van der Waals surface area contributed by atoms with Gasteiger partial charge in [0.25, 0.3) is 11.8 Å². The molecule has 3 rings (SSSR count). The largest absolute Gasteiger partial charge is 0.449 e. The first-order valence-electron chi connectivity index (χ1n) is 9.92. The molecule has 0 spiro atoms. The second kappa shape index (κ2) is 9.94. The molecule has 1 aliphatic carbocycles. The van der Waals surface area contributed by atoms with Crippen LogP contribution in [0.25, 0.3) is 0 Å². The van der Waals surface area contributed by atoms with Crippen LogP contribution < -0.4 is 10.6 Å². The Labute approximate surface area is 189 Å². The van der Waals surface area contributed by atoms with E-state index < -0.39 is 23.5 Å². The molecule has 7 nitrogen and oxygen atoms in total. The fourth-order valence-corrected chi connectivity index (χ4v) is 4.22. The molecule has 2 N–H and O–H groups in total. The molecule has 0 aliphatic heterocycles. The highest BCUT2D eigenvalue weighted by Crippen LogP contribution is 2.28. The summed E-state index contributed by atoms with van der Waals surface area (Å²) in [6, 6.07) is 9.98. The number of amides is 2. The summed E-state index contributed by atoms with van der Waals surface area (Å²) in [6.45, 7) is 1.45. The minimum Gasteiger partial charge on any atom is -0.449 e. The van der Waals surface area contributed by atoms with Gasteiger partial charge >= 0.3 is 5.97 Å². The van der Waals surface area contributed by atoms with Crippen molar-refractivity contribution in [3.05, 3.63) is 51.2 Å². The first kappa shape index (κ1) is 22.8. The summed E-state index contributed by atoms with van der Waals surface area (Å²) < 4.78 is 5.33. The molecule has 1 aromatic carbocycles. The third-order valence-corrected chi connectivity index (χ3v) is 6.24. The standard InChI is InChI=1S/C22H22ClN3O4S/c1-14(19(27)26-22(13-24)9-3-2-4-10-22)30-21(29)16-8-7-15(23)12-17(16)25-20(28)18-6-5-11-31-18/h5-8,11-12,14H,2-4,9-10H2,1H3,(H,25,28)(H,26,27). The van der Waals surface area contributed by atoms with Gasteiger partial charge in [0, 0.05) is 5.02 Å². The number of nitriles is 1. The smallest absolute Gasteiger partial charge is 0.341 e. The maximum absolute atomic E-state index is 12.7. The summed E-state index contributed by atoms with van der Waals surface area (Å²) in [6.07, 6.45) is 2.79. The number of hydrogen-bond donors (Lipinski definition) is 2. The van der Waals surface area contributed by atoms with Crippen molar-refractivity contribution >= 4 is 46.4 Å². The number of nitrogens with zero attached hydrogens (tertiary/aromatic N) is 1. The van der Waals surface area contributed by atoms with E-state index in [0.29, 0.717) is 22.7 Å². The molecule has 2 aromatic rings. The Hall–Kier alpha value is -2.89. The van der Waals surface area contributed by atoms with Crippen molar-refractivity contribution in [2.45, 2.75) is 50.7 Å². The lowest BCUT2D eigenvalue weighted by Gasteiger charge is -2.32. The highest BCUT2D eigenvalue weighted by molar-refractivity contribution is 7.12. The zero-order valence-electron chi connectivity index (χ0n) is 16.9. The van der Waals surface area contributed by atoms with Crippen LogP contribution >= 0.6 is 22.9 Å². The highest BCUT2D eigenvalue weighted by atomic mass is 35.5. The fourth-order valence-electron chi connectivity index (χ4n) is 3.42. The number of anilines is 1. The highest BCUT2D eigenvalue weighted by Gasteiger charge is 2.35. The van der Waals surface area contributed by atoms with E-state index in [1.807, 2.05) is 0 Å². The van der Waals surface area contributed by atoms with Crippen LogP contribution in [0.4, 0.5) is 5.69 Å². The molecule has 0 saturated heterocycles. The molecule has 31 heavy (non-hydrogen) atoms. The molecule has 1 saturated carbocycles. The summed E-state index contributed by atoms with van der Waals surface area (Å²) in [4.78, 5) is 38.2. The molecule has 0 radical (unpaired) electrons. The molecule has 0 bridgehead atoms. The Kier molecular flexibility index (Phi) is 7.31. The van der Waals surface area contributed by atoms with Gasteiger partial charge in [0.05, 0.1) is 22.2 Å². The minimum atomic E-state index is -1.11. The Morgan fingerprint density at radius 2 is 1.97 bits per heavy atom. The molecular weight excluding hydrogens is 438 g/mol. The number of hydrogen-bond acceptors (Lipinski definition) is 6. The molecule has 9 heteroatoms. The topological polar surface area (TPSA) is 108 Å². The molecule has 1 aromatic heterocycles. The number of ether oxygens (including phenoxy) is 1. The molecule has 162 valence electrons. The lowest BCUT2D eigenvalue weighted by Crippen LogP contribution is -2.52. The van der Waals surface area contributed by atoms with Crippen molar-refractivity contribution in [3.8, 4) is 6.07 Å². The van der Waals surface area contributed by atoms with Crippen LogP contribution in [0.2, 0.25) is 5.02 Å². The number of nitrogens with one attached hydrogen (secondary N) is 2. The number of benzene rings is 1. The maximum Gasteiger partial charge on any atom is 0.341 e. The Morgan fingerprint density at radius 3 is 2.61 bits per heavy atom. The summed E-state index contributed by atoms with van der Waals surface area (Å²) in [5, 5.41) is 17.0. The van der Waals surface area contributed by atoms with Gasteiger partial charge in [-0.05, 0) is 49.4 Å². The lowest BCUT2D eigenvalue weighted by molar-refractivity contribution is -0.130. The van der Waals surface area contributed by atoms with E-state index in [2.05, 4.69) is 16.7 Å². The average Bonchev–Trinajstić information content (AvgIpc) is 3.29. The Bertz CT molecular complexity index is 1010. The van der Waals surface area contributed by atoms with Gasteiger partial charge in [0.15, 0.2) is 6.10 Å². The predicted molar refractivity (Wildman–Crippen MR) is 118 cm³/mol. The molecule has 1 heterocycles. The lowest BCUT2D eigenvalue weighted by atomic mass is 9.83. The van der Waals surface area contributed by atoms with Gasteiger partial charge in [-0.3, -0.25) is 9.59 Å². The first-order valence-corrected chi connectivity index (χ1v) is 11.2. The van der Waals surface area contributed by atoms with E-state index in [0.717, 1.165) is 19.3 Å². The van der Waals surface area contributed by atoms with E-state index in [4.69, 9.17) is 16.3 Å². The number of rotatable bonds is 6. The van der Waals surface area contributed by atoms with E-state index in [1.165, 1.54) is 36.5 Å². The van der Waals surface area contributed by atoms with Crippen LogP contribution in [0.15, 0.2) is 35.7 Å². The van der Waals surface area contributed by atoms with Crippen molar-refractivity contribution < 1.29 is 19.1 Å². The number of esters is 1. The van der Waals surface area contributed by atoms with Crippen LogP contribution in [0.5, 0.6) is 0 Å². The van der Waals surface area contributed by atoms with Crippen LogP contribution in [-0.4, -0.2) is 29.4 Å². The van der Waals surface area contributed by atoms with E-state index in [-0.39, 0.29) is 17.2 Å². The second-order valence-corrected chi connectivity index (χ2v) is 8.80. The number of thiophene rings is 1. The summed E-state index contributed by atoms with van der Waals surface area (Å²) in [5.74, 6) is -1.70. The van der Waals surface area contributed by atoms with Gasteiger partial charge in [0.2, 0.25) is 0 Å².